The molecule has 27 atom stereocenters. The zero-order valence-corrected chi connectivity index (χ0v) is 42.1. The van der Waals surface area contributed by atoms with Crippen molar-refractivity contribution in [2.24, 2.45) is 16.7 Å². The van der Waals surface area contributed by atoms with Gasteiger partial charge in [0.25, 0.3) is 0 Å². The standard InChI is InChI=1S/C49H82O20/c1-23-37(52)42(61-11)38(53)43(65-23)69-41-26(4)64-36(20-31(41)60-10)68-40-25(3)63-35(19-30(40)59-9)67-39-24(2)62-34(18-29(39)58-8)66-28-12-13-44(6)32-21-33(51)45(7)47(55,27(5)50)16-17-49(45,57)48(32,56)15-14-46(44,54)22-28/h14-15,23-43,50-57H,12-13,16-22H2,1-11H3/t23-,24-,25-,26-,27?,28+,29+,30+,31-,32-,33-,34+,35+,36+,37-,38-,39-,40-,41-,42-,43+,44-,45-,46-,47-,48+,49-/m1/s1. The molecule has 0 radical (unpaired) electrons. The molecule has 0 spiro atoms. The number of hydrogen-bond acceptors (Lipinski definition) is 20. The SMILES string of the molecule is CO[C@H]1[C@@H](O)[C@H](O[C@@H]2[C@@H](C)O[C@@H](O[C@H]3[C@@H](OC)C[C@H](O[C@H]4[C@@H](OC)C[C@H](O[C@H]5CC[C@]6(C)[C@H]7C[C@@H](O)[C@@]8(C)[C@](O)(CC[C@@]8(O)C(C)O)[C@]7(O)C=C[C@@]6(O)C5)O[C@@H]4C)O[C@@H]3C)C[C@H]2OC)O[C@H](C)[C@H]1O. The third kappa shape index (κ3) is 8.72. The van der Waals surface area contributed by atoms with Gasteiger partial charge in [0.2, 0.25) is 0 Å². The molecule has 8 N–H and O–H groups in total. The van der Waals surface area contributed by atoms with Crippen molar-refractivity contribution in [3.8, 4) is 0 Å². The first-order valence-corrected chi connectivity index (χ1v) is 25.1. The lowest BCUT2D eigenvalue weighted by atomic mass is 9.41. The third-order valence-electron chi connectivity index (χ3n) is 18.6. The first-order chi connectivity index (χ1) is 32.4. The van der Waals surface area contributed by atoms with Crippen molar-refractivity contribution in [3.05, 3.63) is 12.2 Å². The summed E-state index contributed by atoms with van der Waals surface area (Å²) in [6.45, 7) is 12.1. The molecule has 1 unspecified atom stereocenters. The van der Waals surface area contributed by atoms with Crippen LogP contribution in [-0.2, 0) is 56.8 Å². The van der Waals surface area contributed by atoms with E-state index in [0.29, 0.717) is 32.1 Å². The molecule has 0 aromatic heterocycles. The summed E-state index contributed by atoms with van der Waals surface area (Å²) >= 11 is 0. The van der Waals surface area contributed by atoms with E-state index in [9.17, 15) is 40.9 Å². The molecular weight excluding hydrogens is 909 g/mol. The summed E-state index contributed by atoms with van der Waals surface area (Å²) in [5.41, 5.74) is -9.83. The van der Waals surface area contributed by atoms with Crippen LogP contribution in [0.5, 0.6) is 0 Å². The van der Waals surface area contributed by atoms with Crippen molar-refractivity contribution in [1.29, 1.82) is 0 Å². The Morgan fingerprint density at radius 2 is 1.09 bits per heavy atom. The maximum atomic E-state index is 12.5. The smallest absolute Gasteiger partial charge is 0.187 e. The number of aliphatic hydroxyl groups excluding tert-OH is 4. The molecule has 4 aliphatic carbocycles. The van der Waals surface area contributed by atoms with Crippen LogP contribution in [0.2, 0.25) is 0 Å². The second-order valence-corrected chi connectivity index (χ2v) is 22.0. The summed E-state index contributed by atoms with van der Waals surface area (Å²) in [6.07, 6.45) is -9.72. The van der Waals surface area contributed by atoms with Crippen LogP contribution in [0, 0.1) is 16.7 Å². The topological polar surface area (TPSA) is 273 Å². The van der Waals surface area contributed by atoms with Crippen LogP contribution in [0.1, 0.15) is 106 Å². The van der Waals surface area contributed by atoms with Gasteiger partial charge in [0.05, 0.1) is 72.1 Å². The number of ether oxygens (including phenoxy) is 12. The molecule has 20 nitrogen and oxygen atoms in total. The van der Waals surface area contributed by atoms with Gasteiger partial charge in [-0.3, -0.25) is 0 Å². The highest BCUT2D eigenvalue weighted by Gasteiger charge is 2.81. The van der Waals surface area contributed by atoms with E-state index in [-0.39, 0.29) is 25.7 Å². The Morgan fingerprint density at radius 3 is 1.58 bits per heavy atom. The second kappa shape index (κ2) is 19.9. The Balaban J connectivity index is 0.860. The van der Waals surface area contributed by atoms with Crippen molar-refractivity contribution < 1.29 is 97.7 Å². The lowest BCUT2D eigenvalue weighted by molar-refractivity contribution is -0.356. The van der Waals surface area contributed by atoms with Gasteiger partial charge in [-0.1, -0.05) is 26.0 Å². The highest BCUT2D eigenvalue weighted by Crippen LogP contribution is 2.71. The average molecular weight is 991 g/mol. The summed E-state index contributed by atoms with van der Waals surface area (Å²) < 4.78 is 74.1. The molecule has 8 rings (SSSR count). The van der Waals surface area contributed by atoms with Crippen molar-refractivity contribution in [2.45, 2.75) is 251 Å². The van der Waals surface area contributed by atoms with E-state index in [1.54, 1.807) is 41.3 Å². The van der Waals surface area contributed by atoms with Gasteiger partial charge in [-0.25, -0.2) is 0 Å². The van der Waals surface area contributed by atoms with E-state index in [1.165, 1.54) is 20.1 Å². The summed E-state index contributed by atoms with van der Waals surface area (Å²) in [5, 5.41) is 92.9. The molecule has 8 aliphatic rings. The predicted molar refractivity (Wildman–Crippen MR) is 240 cm³/mol. The van der Waals surface area contributed by atoms with Crippen LogP contribution in [0.25, 0.3) is 0 Å². The number of aliphatic hydroxyl groups is 8. The van der Waals surface area contributed by atoms with Crippen LogP contribution in [0.4, 0.5) is 0 Å². The highest BCUT2D eigenvalue weighted by atomic mass is 16.8. The minimum atomic E-state index is -1.98. The Bertz CT molecular complexity index is 1800. The molecule has 69 heavy (non-hydrogen) atoms. The third-order valence-corrected chi connectivity index (χ3v) is 18.6. The number of methoxy groups -OCH3 is 4. The van der Waals surface area contributed by atoms with Gasteiger partial charge in [0.15, 0.2) is 25.2 Å². The Hall–Kier alpha value is -1.06. The van der Waals surface area contributed by atoms with Crippen LogP contribution in [-0.4, -0.2) is 215 Å². The van der Waals surface area contributed by atoms with Gasteiger partial charge in [-0.2, -0.15) is 0 Å². The van der Waals surface area contributed by atoms with E-state index >= 15 is 0 Å². The predicted octanol–water partition coefficient (Wildman–Crippen LogP) is 0.705. The normalized spacial score (nSPS) is 56.0. The summed E-state index contributed by atoms with van der Waals surface area (Å²) in [7, 11) is 6.19. The van der Waals surface area contributed by atoms with Crippen LogP contribution in [0.15, 0.2) is 12.2 Å². The lowest BCUT2D eigenvalue weighted by Gasteiger charge is -2.68. The summed E-state index contributed by atoms with van der Waals surface area (Å²) in [6, 6.07) is 0. The molecule has 4 aliphatic heterocycles. The van der Waals surface area contributed by atoms with Gasteiger partial charge in [0, 0.05) is 65.5 Å². The van der Waals surface area contributed by atoms with Crippen LogP contribution in [0.3, 0.4) is 0 Å². The van der Waals surface area contributed by atoms with E-state index in [2.05, 4.69) is 0 Å². The molecule has 0 bridgehead atoms. The fourth-order valence-corrected chi connectivity index (χ4v) is 14.1. The highest BCUT2D eigenvalue weighted by molar-refractivity contribution is 5.38. The van der Waals surface area contributed by atoms with Crippen molar-refractivity contribution in [2.75, 3.05) is 28.4 Å². The first kappa shape index (κ1) is 54.2. The van der Waals surface area contributed by atoms with Crippen molar-refractivity contribution in [1.82, 2.24) is 0 Å². The minimum absolute atomic E-state index is 0.00526. The Morgan fingerprint density at radius 1 is 0.580 bits per heavy atom. The van der Waals surface area contributed by atoms with Gasteiger partial charge < -0.3 is 97.7 Å². The van der Waals surface area contributed by atoms with Crippen LogP contribution >= 0.6 is 0 Å². The number of hydrogen-bond donors (Lipinski definition) is 8. The average Bonchev–Trinajstić information content (AvgIpc) is 3.53. The summed E-state index contributed by atoms with van der Waals surface area (Å²) in [4.78, 5) is 0. The molecule has 398 valence electrons. The largest absolute Gasteiger partial charge is 0.392 e. The van der Waals surface area contributed by atoms with Gasteiger partial charge >= 0.3 is 0 Å². The van der Waals surface area contributed by atoms with E-state index in [0.717, 1.165) is 0 Å². The Kier molecular flexibility index (Phi) is 15.6. The molecule has 4 saturated heterocycles. The molecule has 0 aromatic rings. The molecule has 4 heterocycles. The van der Waals surface area contributed by atoms with E-state index in [4.69, 9.17) is 56.8 Å². The van der Waals surface area contributed by atoms with E-state index < -0.39 is 162 Å². The number of fused-ring (bicyclic) bond motifs is 5. The van der Waals surface area contributed by atoms with Crippen molar-refractivity contribution in [3.63, 3.8) is 0 Å². The van der Waals surface area contributed by atoms with Crippen molar-refractivity contribution >= 4 is 0 Å². The zero-order valence-electron chi connectivity index (χ0n) is 42.1. The maximum Gasteiger partial charge on any atom is 0.187 e. The Labute approximate surface area is 405 Å². The molecular formula is C49H82O20. The fourth-order valence-electron chi connectivity index (χ4n) is 14.1. The quantitative estimate of drug-likeness (QED) is 0.118. The van der Waals surface area contributed by atoms with Crippen LogP contribution < -0.4 is 0 Å². The second-order valence-electron chi connectivity index (χ2n) is 22.0. The zero-order chi connectivity index (χ0) is 50.4. The molecule has 0 aromatic carbocycles. The maximum absolute atomic E-state index is 12.5. The lowest BCUT2D eigenvalue weighted by Crippen LogP contribution is -2.79. The molecule has 0 amide bonds. The van der Waals surface area contributed by atoms with E-state index in [1.807, 2.05) is 27.7 Å². The van der Waals surface area contributed by atoms with Gasteiger partial charge in [0.1, 0.15) is 53.4 Å². The monoisotopic (exact) mass is 991 g/mol. The van der Waals surface area contributed by atoms with Gasteiger partial charge in [-0.05, 0) is 66.7 Å². The molecule has 20 heteroatoms. The first-order valence-electron chi connectivity index (χ1n) is 25.1. The molecule has 3 saturated carbocycles. The molecule has 7 fully saturated rings. The minimum Gasteiger partial charge on any atom is -0.392 e. The number of rotatable bonds is 13. The summed E-state index contributed by atoms with van der Waals surface area (Å²) in [5.74, 6) is -0.776. The fraction of sp³-hybridized carbons (Fsp3) is 0.959. The van der Waals surface area contributed by atoms with Gasteiger partial charge in [-0.15, -0.1) is 0 Å².